The SMILES string of the molecule is CCN([C@@H]1CS(=O)(=O)C[C@H]1O)S(=O)(=O)c1ccc(OC)c(NC(C)=O)c1. The highest BCUT2D eigenvalue weighted by atomic mass is 32.2. The summed E-state index contributed by atoms with van der Waals surface area (Å²) in [6.45, 7) is 2.83. The van der Waals surface area contributed by atoms with Crippen molar-refractivity contribution in [2.45, 2.75) is 30.9 Å². The molecule has 2 rings (SSSR count). The number of hydrogen-bond acceptors (Lipinski definition) is 7. The molecule has 9 nitrogen and oxygen atoms in total. The normalized spacial score (nSPS) is 22.3. The molecule has 0 aliphatic carbocycles. The van der Waals surface area contributed by atoms with E-state index in [1.165, 1.54) is 32.2 Å². The van der Waals surface area contributed by atoms with Crippen LogP contribution < -0.4 is 10.1 Å². The van der Waals surface area contributed by atoms with Gasteiger partial charge in [-0.05, 0) is 18.2 Å². The predicted molar refractivity (Wildman–Crippen MR) is 95.3 cm³/mol. The molecule has 0 saturated carbocycles. The minimum atomic E-state index is -4.10. The molecule has 1 aromatic rings. The van der Waals surface area contributed by atoms with Crippen LogP contribution in [0.3, 0.4) is 0 Å². The van der Waals surface area contributed by atoms with E-state index >= 15 is 0 Å². The summed E-state index contributed by atoms with van der Waals surface area (Å²) in [7, 11) is -6.23. The fourth-order valence-electron chi connectivity index (χ4n) is 2.94. The van der Waals surface area contributed by atoms with Gasteiger partial charge in [-0.3, -0.25) is 4.79 Å². The number of nitrogens with one attached hydrogen (secondary N) is 1. The summed E-state index contributed by atoms with van der Waals surface area (Å²) in [5.74, 6) is -1.02. The molecule has 0 radical (unpaired) electrons. The van der Waals surface area contributed by atoms with Crippen LogP contribution in [0, 0.1) is 0 Å². The number of carbonyl (C=O) groups is 1. The van der Waals surface area contributed by atoms with Crippen molar-refractivity contribution in [2.24, 2.45) is 0 Å². The number of sulfonamides is 1. The smallest absolute Gasteiger partial charge is 0.243 e. The van der Waals surface area contributed by atoms with E-state index in [2.05, 4.69) is 5.32 Å². The number of aliphatic hydroxyl groups is 1. The summed E-state index contributed by atoms with van der Waals surface area (Å²) in [6.07, 6.45) is -1.29. The van der Waals surface area contributed by atoms with Gasteiger partial charge in [0.15, 0.2) is 9.84 Å². The Kier molecular flexibility index (Phi) is 5.95. The Morgan fingerprint density at radius 2 is 2.04 bits per heavy atom. The summed E-state index contributed by atoms with van der Waals surface area (Å²) < 4.78 is 55.6. The molecule has 0 aromatic heterocycles. The molecule has 1 aliphatic rings. The monoisotopic (exact) mass is 406 g/mol. The second-order valence-electron chi connectivity index (χ2n) is 5.96. The van der Waals surface area contributed by atoms with Crippen LogP contribution in [0.1, 0.15) is 13.8 Å². The molecule has 11 heteroatoms. The number of anilines is 1. The average molecular weight is 406 g/mol. The Balaban J connectivity index is 2.46. The lowest BCUT2D eigenvalue weighted by Crippen LogP contribution is -2.46. The molecular formula is C15H22N2O7S2. The lowest BCUT2D eigenvalue weighted by atomic mass is 10.2. The van der Waals surface area contributed by atoms with E-state index in [1.807, 2.05) is 0 Å². The number of benzene rings is 1. The van der Waals surface area contributed by atoms with Gasteiger partial charge < -0.3 is 15.2 Å². The molecule has 1 heterocycles. The topological polar surface area (TPSA) is 130 Å². The molecular weight excluding hydrogens is 384 g/mol. The molecule has 0 spiro atoms. The van der Waals surface area contributed by atoms with Crippen LogP contribution in [0.2, 0.25) is 0 Å². The Hall–Kier alpha value is -1.69. The van der Waals surface area contributed by atoms with Crippen molar-refractivity contribution in [3.63, 3.8) is 0 Å². The van der Waals surface area contributed by atoms with E-state index in [0.29, 0.717) is 0 Å². The molecule has 2 N–H and O–H groups in total. The minimum absolute atomic E-state index is 0.0128. The molecule has 1 saturated heterocycles. The zero-order valence-corrected chi connectivity index (χ0v) is 16.3. The summed E-state index contributed by atoms with van der Waals surface area (Å²) in [4.78, 5) is 11.2. The van der Waals surface area contributed by atoms with Crippen molar-refractivity contribution in [1.29, 1.82) is 0 Å². The second kappa shape index (κ2) is 7.51. The Labute approximate surface area is 152 Å². The zero-order valence-electron chi connectivity index (χ0n) is 14.7. The van der Waals surface area contributed by atoms with E-state index in [1.54, 1.807) is 6.92 Å². The number of nitrogens with zero attached hydrogens (tertiary/aromatic N) is 1. The van der Waals surface area contributed by atoms with Gasteiger partial charge in [0, 0.05) is 13.5 Å². The quantitative estimate of drug-likeness (QED) is 0.670. The van der Waals surface area contributed by atoms with E-state index in [4.69, 9.17) is 4.74 Å². The average Bonchev–Trinajstić information content (AvgIpc) is 2.79. The second-order valence-corrected chi connectivity index (χ2v) is 10.0. The maximum absolute atomic E-state index is 13.0. The van der Waals surface area contributed by atoms with Crippen LogP contribution >= 0.6 is 0 Å². The number of carbonyl (C=O) groups excluding carboxylic acids is 1. The van der Waals surface area contributed by atoms with Gasteiger partial charge in [-0.15, -0.1) is 0 Å². The van der Waals surface area contributed by atoms with Gasteiger partial charge in [0.25, 0.3) is 0 Å². The van der Waals surface area contributed by atoms with Gasteiger partial charge in [-0.25, -0.2) is 16.8 Å². The maximum Gasteiger partial charge on any atom is 0.243 e. The number of ether oxygens (including phenoxy) is 1. The standard InChI is InChI=1S/C15H22N2O7S2/c1-4-17(13-8-25(20,21)9-14(13)19)26(22,23)11-5-6-15(24-3)12(7-11)16-10(2)18/h5-7,13-14,19H,4,8-9H2,1-3H3,(H,16,18)/t13-,14-/m1/s1. The van der Waals surface area contributed by atoms with Gasteiger partial charge >= 0.3 is 0 Å². The molecule has 1 fully saturated rings. The molecule has 1 aliphatic heterocycles. The number of likely N-dealkylation sites (N-methyl/N-ethyl adjacent to an activating group) is 1. The van der Waals surface area contributed by atoms with Crippen LogP contribution in [0.5, 0.6) is 5.75 Å². The van der Waals surface area contributed by atoms with Crippen molar-refractivity contribution >= 4 is 31.5 Å². The first-order chi connectivity index (χ1) is 12.0. The Morgan fingerprint density at radius 1 is 1.38 bits per heavy atom. The number of methoxy groups -OCH3 is 1. The molecule has 0 unspecified atom stereocenters. The first kappa shape index (κ1) is 20.6. The van der Waals surface area contributed by atoms with Crippen molar-refractivity contribution < 1.29 is 31.5 Å². The number of hydrogen-bond donors (Lipinski definition) is 2. The molecule has 146 valence electrons. The third-order valence-electron chi connectivity index (χ3n) is 4.06. The fourth-order valence-corrected chi connectivity index (χ4v) is 6.52. The van der Waals surface area contributed by atoms with Crippen LogP contribution in [0.25, 0.3) is 0 Å². The van der Waals surface area contributed by atoms with Gasteiger partial charge in [0.05, 0.1) is 41.3 Å². The minimum Gasteiger partial charge on any atom is -0.495 e. The van der Waals surface area contributed by atoms with E-state index in [0.717, 1.165) is 4.31 Å². The van der Waals surface area contributed by atoms with Crippen LogP contribution in [-0.2, 0) is 24.7 Å². The number of aliphatic hydroxyl groups excluding tert-OH is 1. The molecule has 1 aromatic carbocycles. The summed E-state index contributed by atoms with van der Waals surface area (Å²) in [5.41, 5.74) is 0.178. The van der Waals surface area contributed by atoms with Crippen molar-refractivity contribution in [3.05, 3.63) is 18.2 Å². The van der Waals surface area contributed by atoms with Crippen molar-refractivity contribution in [1.82, 2.24) is 4.31 Å². The fraction of sp³-hybridized carbons (Fsp3) is 0.533. The van der Waals surface area contributed by atoms with Crippen molar-refractivity contribution in [3.8, 4) is 5.75 Å². The highest BCUT2D eigenvalue weighted by Crippen LogP contribution is 2.31. The lowest BCUT2D eigenvalue weighted by molar-refractivity contribution is -0.114. The third kappa shape index (κ3) is 4.17. The zero-order chi connectivity index (χ0) is 19.7. The van der Waals surface area contributed by atoms with E-state index < -0.39 is 49.4 Å². The van der Waals surface area contributed by atoms with Gasteiger partial charge in [0.1, 0.15) is 5.75 Å². The first-order valence-corrected chi connectivity index (χ1v) is 11.1. The number of rotatable bonds is 6. The number of sulfone groups is 1. The largest absolute Gasteiger partial charge is 0.495 e. The molecule has 2 atom stereocenters. The van der Waals surface area contributed by atoms with Crippen molar-refractivity contribution in [2.75, 3.05) is 30.5 Å². The van der Waals surface area contributed by atoms with Gasteiger partial charge in [-0.2, -0.15) is 4.31 Å². The summed E-state index contributed by atoms with van der Waals surface area (Å²) in [6, 6.07) is 2.89. The summed E-state index contributed by atoms with van der Waals surface area (Å²) in [5, 5.41) is 12.5. The molecule has 1 amide bonds. The van der Waals surface area contributed by atoms with Gasteiger partial charge in [-0.1, -0.05) is 6.92 Å². The highest BCUT2D eigenvalue weighted by Gasteiger charge is 2.44. The van der Waals surface area contributed by atoms with E-state index in [-0.39, 0.29) is 22.9 Å². The first-order valence-electron chi connectivity index (χ1n) is 7.87. The number of amides is 1. The Morgan fingerprint density at radius 3 is 2.50 bits per heavy atom. The van der Waals surface area contributed by atoms with Crippen LogP contribution in [0.4, 0.5) is 5.69 Å². The highest BCUT2D eigenvalue weighted by molar-refractivity contribution is 7.92. The Bertz CT molecular complexity index is 897. The summed E-state index contributed by atoms with van der Waals surface area (Å²) >= 11 is 0. The molecule has 0 bridgehead atoms. The van der Waals surface area contributed by atoms with Crippen LogP contribution in [0.15, 0.2) is 23.1 Å². The van der Waals surface area contributed by atoms with Gasteiger partial charge in [0.2, 0.25) is 15.9 Å². The maximum atomic E-state index is 13.0. The third-order valence-corrected chi connectivity index (χ3v) is 7.76. The predicted octanol–water partition coefficient (Wildman–Crippen LogP) is -0.178. The lowest BCUT2D eigenvalue weighted by Gasteiger charge is -2.28. The van der Waals surface area contributed by atoms with E-state index in [9.17, 15) is 26.7 Å². The molecule has 26 heavy (non-hydrogen) atoms. The van der Waals surface area contributed by atoms with Crippen LogP contribution in [-0.4, -0.2) is 69.5 Å².